The lowest BCUT2D eigenvalue weighted by Gasteiger charge is -2.21. The van der Waals surface area contributed by atoms with Gasteiger partial charge < -0.3 is 45.3 Å². The number of aromatic nitrogens is 2. The van der Waals surface area contributed by atoms with Gasteiger partial charge in [-0.1, -0.05) is 15.9 Å². The van der Waals surface area contributed by atoms with Crippen molar-refractivity contribution >= 4 is 22.2 Å². The molecular weight excluding hydrogens is 476 g/mol. The van der Waals surface area contributed by atoms with Crippen LogP contribution in [0.15, 0.2) is 32.9 Å². The molecule has 0 radical (unpaired) electrons. The van der Waals surface area contributed by atoms with Gasteiger partial charge in [0.1, 0.15) is 42.7 Å². The van der Waals surface area contributed by atoms with Crippen LogP contribution in [0.3, 0.4) is 0 Å². The highest BCUT2D eigenvalue weighted by atomic mass is 79.9. The molecule has 2 heterocycles. The normalized spacial score (nSPS) is 27.7. The van der Waals surface area contributed by atoms with Crippen LogP contribution in [0.4, 0.5) is 0 Å². The SMILES string of the molecule is O=C[C@@H](O)[C@H](O)[C@H](O)C(O)/C=C\Br.O=c1ccn([C@@H]2O[C@H](CO)[C@@H](O)[C@H]2O)c(=O)[nH]1. The molecule has 0 aromatic carbocycles. The van der Waals surface area contributed by atoms with Gasteiger partial charge >= 0.3 is 5.69 Å². The molecule has 1 aromatic heterocycles. The summed E-state index contributed by atoms with van der Waals surface area (Å²) in [4.78, 5) is 35.6. The molecule has 14 heteroatoms. The maximum Gasteiger partial charge on any atom is 0.330 e. The number of H-pyrrole nitrogens is 1. The quantitative estimate of drug-likeness (QED) is 0.168. The number of aliphatic hydroxyl groups is 7. The van der Waals surface area contributed by atoms with E-state index in [2.05, 4.69) is 15.9 Å². The smallest absolute Gasteiger partial charge is 0.330 e. The molecule has 170 valence electrons. The second kappa shape index (κ2) is 12.2. The van der Waals surface area contributed by atoms with Crippen molar-refractivity contribution in [3.63, 3.8) is 0 Å². The first-order chi connectivity index (χ1) is 14.1. The summed E-state index contributed by atoms with van der Waals surface area (Å²) in [6, 6.07) is 1.09. The number of hydrogen-bond donors (Lipinski definition) is 8. The first-order valence-corrected chi connectivity index (χ1v) is 9.38. The Balaban J connectivity index is 0.000000314. The van der Waals surface area contributed by atoms with Crippen LogP contribution in [0.2, 0.25) is 0 Å². The lowest BCUT2D eigenvalue weighted by Crippen LogP contribution is -2.44. The fourth-order valence-corrected chi connectivity index (χ4v) is 2.72. The van der Waals surface area contributed by atoms with E-state index >= 15 is 0 Å². The second-order valence-electron chi connectivity index (χ2n) is 6.16. The third kappa shape index (κ3) is 6.63. The van der Waals surface area contributed by atoms with Crippen molar-refractivity contribution < 1.29 is 45.3 Å². The highest BCUT2D eigenvalue weighted by molar-refractivity contribution is 9.11. The van der Waals surface area contributed by atoms with Gasteiger partial charge in [-0.05, 0) is 11.1 Å². The third-order valence-corrected chi connectivity index (χ3v) is 4.41. The number of hydrogen-bond acceptors (Lipinski definition) is 11. The van der Waals surface area contributed by atoms with Crippen molar-refractivity contribution in [1.29, 1.82) is 0 Å². The van der Waals surface area contributed by atoms with Crippen LogP contribution < -0.4 is 11.2 Å². The Labute approximate surface area is 177 Å². The Kier molecular flexibility index (Phi) is 10.7. The average molecular weight is 499 g/mol. The summed E-state index contributed by atoms with van der Waals surface area (Å²) in [5, 5.41) is 64.1. The fraction of sp³-hybridized carbons (Fsp3) is 0.562. The van der Waals surface area contributed by atoms with Crippen molar-refractivity contribution in [2.24, 2.45) is 0 Å². The minimum Gasteiger partial charge on any atom is -0.394 e. The highest BCUT2D eigenvalue weighted by Gasteiger charge is 2.43. The van der Waals surface area contributed by atoms with E-state index in [0.717, 1.165) is 22.9 Å². The van der Waals surface area contributed by atoms with E-state index in [1.165, 1.54) is 4.99 Å². The Hall–Kier alpha value is -1.75. The first-order valence-electron chi connectivity index (χ1n) is 8.47. The van der Waals surface area contributed by atoms with Gasteiger partial charge in [0.25, 0.3) is 5.56 Å². The number of carbonyl (C=O) groups is 1. The molecule has 0 bridgehead atoms. The molecule has 0 spiro atoms. The zero-order chi connectivity index (χ0) is 23.0. The summed E-state index contributed by atoms with van der Waals surface area (Å²) in [5.41, 5.74) is -1.33. The van der Waals surface area contributed by atoms with E-state index in [-0.39, 0.29) is 6.29 Å². The minimum atomic E-state index is -1.70. The standard InChI is InChI=1S/C9H12N2O6.C7H11BrO5/c12-3-4-6(14)7(15)8(17-4)11-2-1-5(13)10-9(11)16;8-2-1-4(10)6(12)7(13)5(11)3-9/h1-2,4,6-8,12,14-15H,3H2,(H,10,13,16);1-7,10-13H/b;2-1-/t4-,6-,7-,8-;4?,5-,6-,7+/m11/s1. The molecule has 8 N–H and O–H groups in total. The molecule has 1 unspecified atom stereocenters. The number of carbonyl (C=O) groups excluding carboxylic acids is 1. The van der Waals surface area contributed by atoms with Crippen LogP contribution in [0, 0.1) is 0 Å². The molecule has 0 saturated carbocycles. The summed E-state index contributed by atoms with van der Waals surface area (Å²) in [6.45, 7) is -0.479. The van der Waals surface area contributed by atoms with E-state index < -0.39 is 66.8 Å². The Bertz CT molecular complexity index is 813. The van der Waals surface area contributed by atoms with Crippen LogP contribution in [-0.2, 0) is 9.53 Å². The molecule has 1 fully saturated rings. The summed E-state index contributed by atoms with van der Waals surface area (Å²) >= 11 is 2.86. The molecule has 8 atom stereocenters. The molecule has 0 amide bonds. The number of halogens is 1. The predicted octanol–water partition coefficient (Wildman–Crippen LogP) is -4.31. The fourth-order valence-electron chi connectivity index (χ4n) is 2.41. The van der Waals surface area contributed by atoms with E-state index in [4.69, 9.17) is 30.3 Å². The maximum atomic E-state index is 11.4. The van der Waals surface area contributed by atoms with Crippen LogP contribution in [0.5, 0.6) is 0 Å². The molecule has 30 heavy (non-hydrogen) atoms. The number of nitrogens with one attached hydrogen (secondary N) is 1. The minimum absolute atomic E-state index is 0.0818. The molecule has 1 aliphatic heterocycles. The first kappa shape index (κ1) is 26.3. The zero-order valence-electron chi connectivity index (χ0n) is 15.3. The number of aromatic amines is 1. The van der Waals surface area contributed by atoms with Gasteiger partial charge in [-0.2, -0.15) is 0 Å². The number of ether oxygens (including phenoxy) is 1. The van der Waals surface area contributed by atoms with Gasteiger partial charge in [0.2, 0.25) is 0 Å². The summed E-state index contributed by atoms with van der Waals surface area (Å²) in [6.07, 6.45) is -8.69. The van der Waals surface area contributed by atoms with Crippen molar-refractivity contribution in [3.05, 3.63) is 44.2 Å². The number of aliphatic hydroxyl groups excluding tert-OH is 7. The molecule has 1 saturated heterocycles. The summed E-state index contributed by atoms with van der Waals surface area (Å²) < 4.78 is 6.08. The summed E-state index contributed by atoms with van der Waals surface area (Å²) in [7, 11) is 0. The third-order valence-electron chi connectivity index (χ3n) is 4.10. The van der Waals surface area contributed by atoms with Gasteiger partial charge in [-0.3, -0.25) is 14.3 Å². The van der Waals surface area contributed by atoms with E-state index in [0.29, 0.717) is 0 Å². The predicted molar refractivity (Wildman–Crippen MR) is 102 cm³/mol. The van der Waals surface area contributed by atoms with Crippen LogP contribution in [-0.4, -0.2) is 101 Å². The number of nitrogens with zero attached hydrogens (tertiary/aromatic N) is 1. The molecular formula is C16H23BrN2O11. The largest absolute Gasteiger partial charge is 0.394 e. The van der Waals surface area contributed by atoms with Gasteiger partial charge in [-0.15, -0.1) is 0 Å². The highest BCUT2D eigenvalue weighted by Crippen LogP contribution is 2.27. The lowest BCUT2D eigenvalue weighted by atomic mass is 10.0. The van der Waals surface area contributed by atoms with Gasteiger partial charge in [0.05, 0.1) is 6.61 Å². The van der Waals surface area contributed by atoms with Crippen molar-refractivity contribution in [2.45, 2.75) is 49.0 Å². The molecule has 2 rings (SSSR count). The van der Waals surface area contributed by atoms with E-state index in [1.54, 1.807) is 0 Å². The number of rotatable bonds is 7. The molecule has 1 aromatic rings. The number of aldehydes is 1. The van der Waals surface area contributed by atoms with Crippen molar-refractivity contribution in [1.82, 2.24) is 9.55 Å². The Morgan fingerprint density at radius 3 is 2.20 bits per heavy atom. The Morgan fingerprint density at radius 2 is 1.73 bits per heavy atom. The van der Waals surface area contributed by atoms with Crippen LogP contribution in [0.1, 0.15) is 6.23 Å². The average Bonchev–Trinajstić information content (AvgIpc) is 3.01. The molecule has 1 aliphatic rings. The monoisotopic (exact) mass is 498 g/mol. The molecule has 13 nitrogen and oxygen atoms in total. The van der Waals surface area contributed by atoms with Gasteiger partial charge in [0.15, 0.2) is 12.5 Å². The van der Waals surface area contributed by atoms with E-state index in [1.807, 2.05) is 4.98 Å². The molecule has 0 aliphatic carbocycles. The topological polar surface area (TPSA) is 223 Å². The van der Waals surface area contributed by atoms with Crippen molar-refractivity contribution in [2.75, 3.05) is 6.61 Å². The van der Waals surface area contributed by atoms with Gasteiger partial charge in [0, 0.05) is 12.3 Å². The van der Waals surface area contributed by atoms with Crippen molar-refractivity contribution in [3.8, 4) is 0 Å². The second-order valence-corrected chi connectivity index (χ2v) is 6.69. The maximum absolute atomic E-state index is 11.4. The Morgan fingerprint density at radius 1 is 1.13 bits per heavy atom. The van der Waals surface area contributed by atoms with Gasteiger partial charge in [-0.25, -0.2) is 4.79 Å². The zero-order valence-corrected chi connectivity index (χ0v) is 16.9. The van der Waals surface area contributed by atoms with Crippen LogP contribution >= 0.6 is 15.9 Å². The van der Waals surface area contributed by atoms with Crippen LogP contribution in [0.25, 0.3) is 0 Å². The lowest BCUT2D eigenvalue weighted by molar-refractivity contribution is -0.130. The van der Waals surface area contributed by atoms with E-state index in [9.17, 15) is 24.6 Å². The summed E-state index contributed by atoms with van der Waals surface area (Å²) in [5.74, 6) is 0.